The van der Waals surface area contributed by atoms with E-state index in [1.807, 2.05) is 0 Å². The molecule has 0 fully saturated rings. The van der Waals surface area contributed by atoms with Crippen molar-refractivity contribution in [1.82, 2.24) is 0 Å². The van der Waals surface area contributed by atoms with Crippen LogP contribution in [0.1, 0.15) is 43.7 Å². The number of hydrogen-bond donors (Lipinski definition) is 2. The third kappa shape index (κ3) is 4.09. The highest BCUT2D eigenvalue weighted by Gasteiger charge is 2.20. The molecule has 1 aromatic carbocycles. The van der Waals surface area contributed by atoms with Crippen LogP contribution in [0.4, 0.5) is 0 Å². The Labute approximate surface area is 112 Å². The van der Waals surface area contributed by atoms with Crippen molar-refractivity contribution in [3.8, 4) is 0 Å². The van der Waals surface area contributed by atoms with Crippen molar-refractivity contribution in [1.29, 1.82) is 0 Å². The summed E-state index contributed by atoms with van der Waals surface area (Å²) in [6.45, 7) is 5.79. The monoisotopic (exact) mass is 300 g/mol. The molecule has 1 rings (SSSR count). The smallest absolute Gasteiger partial charge is 0.0802 e. The summed E-state index contributed by atoms with van der Waals surface area (Å²) < 4.78 is 1.09. The average Bonchev–Trinajstić information content (AvgIpc) is 2.26. The second-order valence-electron chi connectivity index (χ2n) is 4.67. The van der Waals surface area contributed by atoms with Crippen molar-refractivity contribution >= 4 is 15.9 Å². The zero-order valence-electron chi connectivity index (χ0n) is 10.7. The highest BCUT2D eigenvalue weighted by Crippen LogP contribution is 2.32. The summed E-state index contributed by atoms with van der Waals surface area (Å²) in [5, 5.41) is 19.1. The first kappa shape index (κ1) is 14.7. The Morgan fingerprint density at radius 3 is 2.41 bits per heavy atom. The number of hydrogen-bond acceptors (Lipinski definition) is 2. The molecule has 0 saturated carbocycles. The van der Waals surface area contributed by atoms with E-state index >= 15 is 0 Å². The third-order valence-corrected chi connectivity index (χ3v) is 3.86. The van der Waals surface area contributed by atoms with Crippen LogP contribution < -0.4 is 0 Å². The van der Waals surface area contributed by atoms with Gasteiger partial charge in [-0.2, -0.15) is 0 Å². The molecular formula is C14H21BrO2. The van der Waals surface area contributed by atoms with Gasteiger partial charge in [-0.15, -0.1) is 0 Å². The lowest BCUT2D eigenvalue weighted by Gasteiger charge is -2.22. The highest BCUT2D eigenvalue weighted by atomic mass is 79.9. The van der Waals surface area contributed by atoms with Gasteiger partial charge in [0.25, 0.3) is 0 Å². The molecule has 0 aromatic heterocycles. The minimum Gasteiger partial charge on any atom is -0.391 e. The van der Waals surface area contributed by atoms with Gasteiger partial charge in [-0.1, -0.05) is 35.0 Å². The molecule has 0 heterocycles. The van der Waals surface area contributed by atoms with E-state index in [-0.39, 0.29) is 5.92 Å². The SMILES string of the molecule is CCC(CC(O)C(C)O)c1ccc(C)cc1Br. The molecule has 96 valence electrons. The van der Waals surface area contributed by atoms with E-state index in [1.54, 1.807) is 6.92 Å². The number of aliphatic hydroxyl groups is 2. The van der Waals surface area contributed by atoms with Crippen molar-refractivity contribution in [2.24, 2.45) is 0 Å². The van der Waals surface area contributed by atoms with Crippen molar-refractivity contribution < 1.29 is 10.2 Å². The Bertz CT molecular complexity index is 363. The maximum Gasteiger partial charge on any atom is 0.0802 e. The Morgan fingerprint density at radius 2 is 1.94 bits per heavy atom. The highest BCUT2D eigenvalue weighted by molar-refractivity contribution is 9.10. The Kier molecular flexibility index (Phi) is 5.63. The first-order valence-electron chi connectivity index (χ1n) is 6.07. The van der Waals surface area contributed by atoms with Crippen LogP contribution in [0.3, 0.4) is 0 Å². The van der Waals surface area contributed by atoms with Crippen LogP contribution >= 0.6 is 15.9 Å². The molecule has 0 spiro atoms. The van der Waals surface area contributed by atoms with Gasteiger partial charge in [0.2, 0.25) is 0 Å². The van der Waals surface area contributed by atoms with E-state index in [9.17, 15) is 10.2 Å². The molecule has 2 nitrogen and oxygen atoms in total. The maximum absolute atomic E-state index is 9.77. The topological polar surface area (TPSA) is 40.5 Å². The van der Waals surface area contributed by atoms with Gasteiger partial charge in [0, 0.05) is 4.47 Å². The number of halogens is 1. The predicted octanol–water partition coefficient (Wildman–Crippen LogP) is 3.38. The van der Waals surface area contributed by atoms with Gasteiger partial charge in [0.1, 0.15) is 0 Å². The van der Waals surface area contributed by atoms with Crippen LogP contribution in [0.5, 0.6) is 0 Å². The minimum absolute atomic E-state index is 0.273. The fourth-order valence-corrected chi connectivity index (χ4v) is 2.78. The predicted molar refractivity (Wildman–Crippen MR) is 74.2 cm³/mol. The van der Waals surface area contributed by atoms with Gasteiger partial charge in [-0.05, 0) is 49.8 Å². The standard InChI is InChI=1S/C14H21BrO2/c1-4-11(8-14(17)10(3)16)12-6-5-9(2)7-13(12)15/h5-7,10-11,14,16-17H,4,8H2,1-3H3. The van der Waals surface area contributed by atoms with Crippen molar-refractivity contribution in [3.05, 3.63) is 33.8 Å². The summed E-state index contributed by atoms with van der Waals surface area (Å²) in [6, 6.07) is 6.27. The largest absolute Gasteiger partial charge is 0.391 e. The normalized spacial score (nSPS) is 16.6. The molecule has 17 heavy (non-hydrogen) atoms. The van der Waals surface area contributed by atoms with Gasteiger partial charge in [-0.3, -0.25) is 0 Å². The van der Waals surface area contributed by atoms with E-state index in [0.29, 0.717) is 6.42 Å². The van der Waals surface area contributed by atoms with Crippen LogP contribution in [0.2, 0.25) is 0 Å². The summed E-state index contributed by atoms with van der Waals surface area (Å²) in [4.78, 5) is 0. The molecule has 0 aliphatic carbocycles. The second kappa shape index (κ2) is 6.53. The molecule has 3 heteroatoms. The Morgan fingerprint density at radius 1 is 1.29 bits per heavy atom. The number of aliphatic hydroxyl groups excluding tert-OH is 2. The van der Waals surface area contributed by atoms with Crippen LogP contribution in [-0.2, 0) is 0 Å². The van der Waals surface area contributed by atoms with Crippen molar-refractivity contribution in [3.63, 3.8) is 0 Å². The van der Waals surface area contributed by atoms with Crippen LogP contribution in [-0.4, -0.2) is 22.4 Å². The minimum atomic E-state index is -0.673. The molecule has 2 N–H and O–H groups in total. The number of benzene rings is 1. The van der Waals surface area contributed by atoms with Crippen molar-refractivity contribution in [2.45, 2.75) is 51.7 Å². The number of rotatable bonds is 5. The molecular weight excluding hydrogens is 280 g/mol. The lowest BCUT2D eigenvalue weighted by Crippen LogP contribution is -2.24. The molecule has 0 amide bonds. The fraction of sp³-hybridized carbons (Fsp3) is 0.571. The molecule has 0 bridgehead atoms. The Hall–Kier alpha value is -0.380. The summed E-state index contributed by atoms with van der Waals surface area (Å²) in [5.41, 5.74) is 2.42. The average molecular weight is 301 g/mol. The van der Waals surface area contributed by atoms with Gasteiger partial charge in [0.15, 0.2) is 0 Å². The maximum atomic E-state index is 9.77. The van der Waals surface area contributed by atoms with E-state index in [0.717, 1.165) is 10.9 Å². The first-order chi connectivity index (χ1) is 7.95. The van der Waals surface area contributed by atoms with E-state index in [1.165, 1.54) is 11.1 Å². The van der Waals surface area contributed by atoms with Crippen molar-refractivity contribution in [2.75, 3.05) is 0 Å². The summed E-state index contributed by atoms with van der Waals surface area (Å²) >= 11 is 3.57. The number of aryl methyl sites for hydroxylation is 1. The third-order valence-electron chi connectivity index (χ3n) is 3.17. The summed E-state index contributed by atoms with van der Waals surface area (Å²) in [6.07, 6.45) is 0.211. The Balaban J connectivity index is 2.86. The van der Waals surface area contributed by atoms with Crippen LogP contribution in [0.25, 0.3) is 0 Å². The summed E-state index contributed by atoms with van der Waals surface area (Å²) in [5.74, 6) is 0.273. The van der Waals surface area contributed by atoms with Gasteiger partial charge >= 0.3 is 0 Å². The second-order valence-corrected chi connectivity index (χ2v) is 5.53. The zero-order chi connectivity index (χ0) is 13.0. The molecule has 3 atom stereocenters. The zero-order valence-corrected chi connectivity index (χ0v) is 12.2. The molecule has 0 aliphatic heterocycles. The lowest BCUT2D eigenvalue weighted by molar-refractivity contribution is 0.0214. The lowest BCUT2D eigenvalue weighted by atomic mass is 9.89. The van der Waals surface area contributed by atoms with E-state index < -0.39 is 12.2 Å². The van der Waals surface area contributed by atoms with E-state index in [2.05, 4.69) is 48.0 Å². The van der Waals surface area contributed by atoms with Gasteiger partial charge < -0.3 is 10.2 Å². The van der Waals surface area contributed by atoms with Crippen LogP contribution in [0, 0.1) is 6.92 Å². The molecule has 0 radical (unpaired) electrons. The molecule has 3 unspecified atom stereocenters. The first-order valence-corrected chi connectivity index (χ1v) is 6.87. The quantitative estimate of drug-likeness (QED) is 0.875. The van der Waals surface area contributed by atoms with Gasteiger partial charge in [-0.25, -0.2) is 0 Å². The van der Waals surface area contributed by atoms with E-state index in [4.69, 9.17) is 0 Å². The molecule has 0 saturated heterocycles. The molecule has 0 aliphatic rings. The molecule has 1 aromatic rings. The van der Waals surface area contributed by atoms with Crippen LogP contribution in [0.15, 0.2) is 22.7 Å². The summed E-state index contributed by atoms with van der Waals surface area (Å²) in [7, 11) is 0. The van der Waals surface area contributed by atoms with Gasteiger partial charge in [0.05, 0.1) is 12.2 Å². The fourth-order valence-electron chi connectivity index (χ4n) is 1.97.